The quantitative estimate of drug-likeness (QED) is 0.826. The van der Waals surface area contributed by atoms with E-state index in [0.717, 1.165) is 32.6 Å². The molecule has 0 spiro atoms. The van der Waals surface area contributed by atoms with Gasteiger partial charge in [-0.1, -0.05) is 6.92 Å². The molecule has 2 rings (SSSR count). The Hall–Kier alpha value is -0.910. The maximum atomic E-state index is 4.54. The summed E-state index contributed by atoms with van der Waals surface area (Å²) in [6, 6.07) is 3.16. The summed E-state index contributed by atoms with van der Waals surface area (Å²) in [4.78, 5) is 4.93. The summed E-state index contributed by atoms with van der Waals surface area (Å²) in [7, 11) is 6.45. The van der Waals surface area contributed by atoms with Gasteiger partial charge in [0.15, 0.2) is 0 Å². The second-order valence-electron chi connectivity index (χ2n) is 6.06. The van der Waals surface area contributed by atoms with Crippen molar-refractivity contribution in [3.63, 3.8) is 0 Å². The molecule has 0 amide bonds. The van der Waals surface area contributed by atoms with E-state index in [9.17, 15) is 0 Å². The summed E-state index contributed by atoms with van der Waals surface area (Å²) >= 11 is 0. The van der Waals surface area contributed by atoms with Crippen LogP contribution in [0.2, 0.25) is 0 Å². The Balaban J connectivity index is 2.05. The van der Waals surface area contributed by atoms with E-state index in [1.54, 1.807) is 0 Å². The van der Waals surface area contributed by atoms with Gasteiger partial charge in [0.05, 0.1) is 5.69 Å². The first-order valence-electron chi connectivity index (χ1n) is 7.71. The van der Waals surface area contributed by atoms with Crippen molar-refractivity contribution in [1.82, 2.24) is 24.9 Å². The SMILES string of the molecule is CCCNC(Cc1ccn(C)n1)C1CN(C)CCN1C. The lowest BCUT2D eigenvalue weighted by Crippen LogP contribution is -2.59. The van der Waals surface area contributed by atoms with Crippen LogP contribution in [0, 0.1) is 0 Å². The van der Waals surface area contributed by atoms with Gasteiger partial charge in [0.2, 0.25) is 0 Å². The Morgan fingerprint density at radius 2 is 2.15 bits per heavy atom. The Kier molecular flexibility index (Phi) is 5.57. The van der Waals surface area contributed by atoms with Crippen molar-refractivity contribution in [2.24, 2.45) is 7.05 Å². The predicted molar refractivity (Wildman–Crippen MR) is 82.9 cm³/mol. The Labute approximate surface area is 122 Å². The van der Waals surface area contributed by atoms with Crippen molar-refractivity contribution in [3.05, 3.63) is 18.0 Å². The largest absolute Gasteiger partial charge is 0.312 e. The first kappa shape index (κ1) is 15.5. The number of aryl methyl sites for hydroxylation is 1. The molecule has 0 radical (unpaired) electrons. The third-order valence-corrected chi connectivity index (χ3v) is 4.22. The zero-order valence-corrected chi connectivity index (χ0v) is 13.3. The van der Waals surface area contributed by atoms with Gasteiger partial charge < -0.3 is 10.2 Å². The van der Waals surface area contributed by atoms with Crippen molar-refractivity contribution in [1.29, 1.82) is 0 Å². The molecular weight excluding hydrogens is 250 g/mol. The second kappa shape index (κ2) is 7.20. The molecule has 1 aromatic heterocycles. The lowest BCUT2D eigenvalue weighted by atomic mass is 9.99. The van der Waals surface area contributed by atoms with E-state index < -0.39 is 0 Å². The predicted octanol–water partition coefficient (Wildman–Crippen LogP) is 0.577. The maximum Gasteiger partial charge on any atom is 0.0640 e. The van der Waals surface area contributed by atoms with Gasteiger partial charge in [-0.2, -0.15) is 5.10 Å². The van der Waals surface area contributed by atoms with Crippen molar-refractivity contribution >= 4 is 0 Å². The molecule has 5 nitrogen and oxygen atoms in total. The number of hydrogen-bond acceptors (Lipinski definition) is 4. The van der Waals surface area contributed by atoms with E-state index in [1.165, 1.54) is 12.1 Å². The highest BCUT2D eigenvalue weighted by Crippen LogP contribution is 2.14. The Bertz CT molecular complexity index is 403. The molecule has 1 aromatic rings. The molecule has 1 N–H and O–H groups in total. The zero-order valence-electron chi connectivity index (χ0n) is 13.3. The van der Waals surface area contributed by atoms with Crippen molar-refractivity contribution < 1.29 is 0 Å². The highest BCUT2D eigenvalue weighted by Gasteiger charge is 2.29. The number of likely N-dealkylation sites (N-methyl/N-ethyl adjacent to an activating group) is 2. The summed E-state index contributed by atoms with van der Waals surface area (Å²) in [6.07, 6.45) is 4.21. The average molecular weight is 279 g/mol. The lowest BCUT2D eigenvalue weighted by Gasteiger charge is -2.42. The van der Waals surface area contributed by atoms with E-state index in [0.29, 0.717) is 12.1 Å². The smallest absolute Gasteiger partial charge is 0.0640 e. The standard InChI is InChI=1S/C15H29N5/c1-5-7-16-14(11-13-6-8-20(4)17-13)15-12-18(2)9-10-19(15)3/h6,8,14-16H,5,7,9-12H2,1-4H3. The van der Waals surface area contributed by atoms with Crippen LogP contribution in [-0.4, -0.2) is 71.9 Å². The van der Waals surface area contributed by atoms with E-state index in [1.807, 2.05) is 17.9 Å². The molecule has 20 heavy (non-hydrogen) atoms. The van der Waals surface area contributed by atoms with Crippen molar-refractivity contribution in [3.8, 4) is 0 Å². The summed E-state index contributed by atoms with van der Waals surface area (Å²) < 4.78 is 1.89. The third-order valence-electron chi connectivity index (χ3n) is 4.22. The van der Waals surface area contributed by atoms with Crippen LogP contribution in [0.15, 0.2) is 12.3 Å². The molecule has 0 bridgehead atoms. The molecule has 2 unspecified atom stereocenters. The van der Waals surface area contributed by atoms with Gasteiger partial charge >= 0.3 is 0 Å². The van der Waals surface area contributed by atoms with Crippen molar-refractivity contribution in [2.45, 2.75) is 31.8 Å². The van der Waals surface area contributed by atoms with Gasteiger partial charge in [0.25, 0.3) is 0 Å². The fourth-order valence-electron chi connectivity index (χ4n) is 2.95. The number of aromatic nitrogens is 2. The second-order valence-corrected chi connectivity index (χ2v) is 6.06. The number of nitrogens with zero attached hydrogens (tertiary/aromatic N) is 4. The van der Waals surface area contributed by atoms with Crippen LogP contribution in [0.5, 0.6) is 0 Å². The number of rotatable bonds is 6. The molecule has 1 aliphatic rings. The summed E-state index contributed by atoms with van der Waals surface area (Å²) in [5.74, 6) is 0. The van der Waals surface area contributed by atoms with E-state index in [2.05, 4.69) is 47.3 Å². The molecule has 0 aromatic carbocycles. The monoisotopic (exact) mass is 279 g/mol. The van der Waals surface area contributed by atoms with Crippen molar-refractivity contribution in [2.75, 3.05) is 40.3 Å². The molecule has 1 aliphatic heterocycles. The number of hydrogen-bond donors (Lipinski definition) is 1. The molecule has 2 atom stereocenters. The van der Waals surface area contributed by atoms with Crippen LogP contribution in [-0.2, 0) is 13.5 Å². The first-order valence-corrected chi connectivity index (χ1v) is 7.71. The summed E-state index contributed by atoms with van der Waals surface area (Å²) in [5, 5.41) is 8.27. The minimum absolute atomic E-state index is 0.470. The van der Waals surface area contributed by atoms with Crippen LogP contribution in [0.3, 0.4) is 0 Å². The summed E-state index contributed by atoms with van der Waals surface area (Å²) in [6.45, 7) is 6.74. The van der Waals surface area contributed by atoms with Gasteiger partial charge in [0.1, 0.15) is 0 Å². The highest BCUT2D eigenvalue weighted by atomic mass is 15.3. The molecule has 0 saturated carbocycles. The summed E-state index contributed by atoms with van der Waals surface area (Å²) in [5.41, 5.74) is 1.18. The van der Waals surface area contributed by atoms with Crippen LogP contribution < -0.4 is 5.32 Å². The minimum Gasteiger partial charge on any atom is -0.312 e. The average Bonchev–Trinajstić information content (AvgIpc) is 2.83. The molecular formula is C15H29N5. The topological polar surface area (TPSA) is 36.3 Å². The van der Waals surface area contributed by atoms with E-state index in [-0.39, 0.29) is 0 Å². The fraction of sp³-hybridized carbons (Fsp3) is 0.800. The molecule has 0 aliphatic carbocycles. The number of piperazine rings is 1. The minimum atomic E-state index is 0.470. The number of nitrogens with one attached hydrogen (secondary N) is 1. The van der Waals surface area contributed by atoms with Crippen LogP contribution in [0.1, 0.15) is 19.0 Å². The normalized spacial score (nSPS) is 23.1. The van der Waals surface area contributed by atoms with E-state index >= 15 is 0 Å². The molecule has 1 saturated heterocycles. The molecule has 114 valence electrons. The molecule has 1 fully saturated rings. The van der Waals surface area contributed by atoms with Gasteiger partial charge in [-0.05, 0) is 33.1 Å². The van der Waals surface area contributed by atoms with Gasteiger partial charge in [0, 0.05) is 51.4 Å². The van der Waals surface area contributed by atoms with Crippen LogP contribution in [0.25, 0.3) is 0 Å². The maximum absolute atomic E-state index is 4.54. The van der Waals surface area contributed by atoms with Gasteiger partial charge in [-0.15, -0.1) is 0 Å². The van der Waals surface area contributed by atoms with Crippen LogP contribution in [0.4, 0.5) is 0 Å². The third kappa shape index (κ3) is 4.04. The lowest BCUT2D eigenvalue weighted by molar-refractivity contribution is 0.0873. The van der Waals surface area contributed by atoms with Gasteiger partial charge in [-0.25, -0.2) is 0 Å². The molecule has 5 heteroatoms. The van der Waals surface area contributed by atoms with Crippen LogP contribution >= 0.6 is 0 Å². The first-order chi connectivity index (χ1) is 9.60. The van der Waals surface area contributed by atoms with E-state index in [4.69, 9.17) is 0 Å². The molecule has 2 heterocycles. The Morgan fingerprint density at radius 1 is 1.35 bits per heavy atom. The Morgan fingerprint density at radius 3 is 2.80 bits per heavy atom. The fourth-order valence-corrected chi connectivity index (χ4v) is 2.95. The van der Waals surface area contributed by atoms with Gasteiger partial charge in [-0.3, -0.25) is 9.58 Å². The zero-order chi connectivity index (χ0) is 14.5. The highest BCUT2D eigenvalue weighted by molar-refractivity contribution is 5.04.